The first-order valence-electron chi connectivity index (χ1n) is 5.90. The topological polar surface area (TPSA) is 49.3 Å². The van der Waals surface area contributed by atoms with E-state index in [9.17, 15) is 9.90 Å². The second kappa shape index (κ2) is 6.14. The molecular formula is C14H13Cl2NO2S. The monoisotopic (exact) mass is 329 g/mol. The minimum absolute atomic E-state index is 0.102. The van der Waals surface area contributed by atoms with Gasteiger partial charge in [0.15, 0.2) is 0 Å². The molecule has 1 unspecified atom stereocenters. The van der Waals surface area contributed by atoms with Crippen molar-refractivity contribution in [1.29, 1.82) is 0 Å². The lowest BCUT2D eigenvalue weighted by Gasteiger charge is -2.22. The van der Waals surface area contributed by atoms with Crippen molar-refractivity contribution in [3.05, 3.63) is 56.2 Å². The predicted octanol–water partition coefficient (Wildman–Crippen LogP) is 3.69. The second-order valence-corrected chi connectivity index (χ2v) is 6.35. The molecule has 6 heteroatoms. The van der Waals surface area contributed by atoms with E-state index in [1.165, 1.54) is 17.4 Å². The van der Waals surface area contributed by atoms with Crippen LogP contribution in [0.4, 0.5) is 0 Å². The summed E-state index contributed by atoms with van der Waals surface area (Å²) in [5, 5.41) is 15.6. The van der Waals surface area contributed by atoms with Gasteiger partial charge in [0.2, 0.25) is 0 Å². The first-order chi connectivity index (χ1) is 9.40. The Morgan fingerprint density at radius 3 is 2.75 bits per heavy atom. The minimum Gasteiger partial charge on any atom is -0.383 e. The number of halogens is 2. The Bertz CT molecular complexity index is 612. The van der Waals surface area contributed by atoms with Crippen molar-refractivity contribution in [3.8, 4) is 0 Å². The van der Waals surface area contributed by atoms with Crippen LogP contribution < -0.4 is 5.32 Å². The van der Waals surface area contributed by atoms with Crippen LogP contribution in [-0.4, -0.2) is 17.6 Å². The van der Waals surface area contributed by atoms with Gasteiger partial charge >= 0.3 is 0 Å². The molecule has 106 valence electrons. The van der Waals surface area contributed by atoms with Crippen LogP contribution in [0.5, 0.6) is 0 Å². The van der Waals surface area contributed by atoms with Crippen molar-refractivity contribution in [2.75, 3.05) is 6.54 Å². The standard InChI is InChI=1S/C14H13Cl2NO2S/c1-14(19,12-3-2-6-20-12)8-17-13(18)10-5-4-9(15)7-11(10)16/h2-7,19H,8H2,1H3,(H,17,18). The van der Waals surface area contributed by atoms with Crippen molar-refractivity contribution >= 4 is 40.4 Å². The van der Waals surface area contributed by atoms with E-state index < -0.39 is 5.60 Å². The smallest absolute Gasteiger partial charge is 0.252 e. The normalized spacial score (nSPS) is 13.8. The highest BCUT2D eigenvalue weighted by molar-refractivity contribution is 7.10. The average molecular weight is 330 g/mol. The van der Waals surface area contributed by atoms with Crippen molar-refractivity contribution in [3.63, 3.8) is 0 Å². The van der Waals surface area contributed by atoms with E-state index in [1.54, 1.807) is 19.1 Å². The van der Waals surface area contributed by atoms with Gasteiger partial charge in [-0.05, 0) is 36.6 Å². The van der Waals surface area contributed by atoms with E-state index in [1.807, 2.05) is 17.5 Å². The van der Waals surface area contributed by atoms with Crippen LogP contribution in [0.1, 0.15) is 22.2 Å². The molecule has 2 aromatic rings. The van der Waals surface area contributed by atoms with E-state index >= 15 is 0 Å². The van der Waals surface area contributed by atoms with Crippen LogP contribution in [0, 0.1) is 0 Å². The SMILES string of the molecule is CC(O)(CNC(=O)c1ccc(Cl)cc1Cl)c1cccs1. The van der Waals surface area contributed by atoms with Gasteiger partial charge in [-0.15, -0.1) is 11.3 Å². The first-order valence-corrected chi connectivity index (χ1v) is 7.53. The summed E-state index contributed by atoms with van der Waals surface area (Å²) < 4.78 is 0. The third kappa shape index (κ3) is 3.52. The highest BCUT2D eigenvalue weighted by Crippen LogP contribution is 2.25. The molecule has 1 aromatic heterocycles. The molecule has 0 fully saturated rings. The molecule has 0 saturated carbocycles. The summed E-state index contributed by atoms with van der Waals surface area (Å²) >= 11 is 13.2. The molecule has 20 heavy (non-hydrogen) atoms. The number of hydrogen-bond donors (Lipinski definition) is 2. The third-order valence-electron chi connectivity index (χ3n) is 2.82. The average Bonchev–Trinajstić information content (AvgIpc) is 2.90. The summed E-state index contributed by atoms with van der Waals surface area (Å²) in [6.07, 6.45) is 0. The molecule has 1 aromatic carbocycles. The van der Waals surface area contributed by atoms with Crippen molar-refractivity contribution in [1.82, 2.24) is 5.32 Å². The van der Waals surface area contributed by atoms with E-state index in [2.05, 4.69) is 5.32 Å². The predicted molar refractivity (Wildman–Crippen MR) is 82.7 cm³/mol. The Morgan fingerprint density at radius 1 is 1.40 bits per heavy atom. The minimum atomic E-state index is -1.11. The number of thiophene rings is 1. The summed E-state index contributed by atoms with van der Waals surface area (Å²) in [5.41, 5.74) is -0.777. The lowest BCUT2D eigenvalue weighted by atomic mass is 10.1. The molecule has 0 saturated heterocycles. The maximum Gasteiger partial charge on any atom is 0.252 e. The van der Waals surface area contributed by atoms with Crippen molar-refractivity contribution in [2.45, 2.75) is 12.5 Å². The number of carbonyl (C=O) groups is 1. The Labute approximate surface area is 131 Å². The Morgan fingerprint density at radius 2 is 2.15 bits per heavy atom. The third-order valence-corrected chi connectivity index (χ3v) is 4.49. The number of amides is 1. The summed E-state index contributed by atoms with van der Waals surface area (Å²) in [5.74, 6) is -0.344. The Kier molecular flexibility index (Phi) is 4.70. The molecule has 0 bridgehead atoms. The van der Waals surface area contributed by atoms with Gasteiger partial charge in [0.05, 0.1) is 17.1 Å². The summed E-state index contributed by atoms with van der Waals surface area (Å²) in [6.45, 7) is 1.76. The fourth-order valence-corrected chi connectivity index (χ4v) is 2.97. The molecule has 2 N–H and O–H groups in total. The molecule has 0 radical (unpaired) electrons. The van der Waals surface area contributed by atoms with Gasteiger partial charge in [-0.1, -0.05) is 29.3 Å². The fourth-order valence-electron chi connectivity index (χ4n) is 1.69. The maximum absolute atomic E-state index is 12.0. The molecule has 1 amide bonds. The largest absolute Gasteiger partial charge is 0.383 e. The lowest BCUT2D eigenvalue weighted by Crippen LogP contribution is -2.38. The van der Waals surface area contributed by atoms with Crippen LogP contribution in [0.15, 0.2) is 35.7 Å². The highest BCUT2D eigenvalue weighted by atomic mass is 35.5. The van der Waals surface area contributed by atoms with Crippen molar-refractivity contribution < 1.29 is 9.90 Å². The summed E-state index contributed by atoms with van der Waals surface area (Å²) in [7, 11) is 0. The van der Waals surface area contributed by atoms with Gasteiger partial charge in [0.25, 0.3) is 5.91 Å². The van der Waals surface area contributed by atoms with Gasteiger partial charge < -0.3 is 10.4 Å². The fraction of sp³-hybridized carbons (Fsp3) is 0.214. The molecule has 0 aliphatic carbocycles. The van der Waals surface area contributed by atoms with Gasteiger partial charge in [0.1, 0.15) is 5.60 Å². The quantitative estimate of drug-likeness (QED) is 0.898. The van der Waals surface area contributed by atoms with Crippen molar-refractivity contribution in [2.24, 2.45) is 0 Å². The van der Waals surface area contributed by atoms with E-state index in [4.69, 9.17) is 23.2 Å². The number of nitrogens with one attached hydrogen (secondary N) is 1. The summed E-state index contributed by atoms with van der Waals surface area (Å²) in [6, 6.07) is 8.34. The van der Waals surface area contributed by atoms with Crippen LogP contribution in [-0.2, 0) is 5.60 Å². The molecule has 1 atom stereocenters. The number of aliphatic hydroxyl groups is 1. The number of benzene rings is 1. The molecular weight excluding hydrogens is 317 g/mol. The molecule has 2 rings (SSSR count). The number of carbonyl (C=O) groups excluding carboxylic acids is 1. The first kappa shape index (κ1) is 15.3. The van der Waals surface area contributed by atoms with E-state index in [0.29, 0.717) is 10.6 Å². The van der Waals surface area contributed by atoms with Gasteiger partial charge in [0, 0.05) is 9.90 Å². The lowest BCUT2D eigenvalue weighted by molar-refractivity contribution is 0.0557. The zero-order valence-electron chi connectivity index (χ0n) is 10.7. The second-order valence-electron chi connectivity index (χ2n) is 4.56. The highest BCUT2D eigenvalue weighted by Gasteiger charge is 2.25. The van der Waals surface area contributed by atoms with Crippen LogP contribution in [0.2, 0.25) is 10.0 Å². The number of hydrogen-bond acceptors (Lipinski definition) is 3. The Balaban J connectivity index is 2.05. The van der Waals surface area contributed by atoms with Crippen LogP contribution in [0.25, 0.3) is 0 Å². The Hall–Kier alpha value is -1.07. The number of rotatable bonds is 4. The van der Waals surface area contributed by atoms with Crippen LogP contribution >= 0.6 is 34.5 Å². The zero-order valence-corrected chi connectivity index (χ0v) is 13.0. The van der Waals surface area contributed by atoms with E-state index in [0.717, 1.165) is 4.88 Å². The maximum atomic E-state index is 12.0. The zero-order chi connectivity index (χ0) is 14.8. The molecule has 0 spiro atoms. The molecule has 1 heterocycles. The molecule has 0 aliphatic heterocycles. The molecule has 0 aliphatic rings. The van der Waals surface area contributed by atoms with Gasteiger partial charge in [-0.2, -0.15) is 0 Å². The summed E-state index contributed by atoms with van der Waals surface area (Å²) in [4.78, 5) is 12.8. The molecule has 3 nitrogen and oxygen atoms in total. The van der Waals surface area contributed by atoms with Gasteiger partial charge in [-0.25, -0.2) is 0 Å². The van der Waals surface area contributed by atoms with E-state index in [-0.39, 0.29) is 17.5 Å². The van der Waals surface area contributed by atoms with Gasteiger partial charge in [-0.3, -0.25) is 4.79 Å². The van der Waals surface area contributed by atoms with Crippen LogP contribution in [0.3, 0.4) is 0 Å².